The molecule has 1 N–H and O–H groups in total. The van der Waals surface area contributed by atoms with Gasteiger partial charge in [0.1, 0.15) is 5.82 Å². The summed E-state index contributed by atoms with van der Waals surface area (Å²) in [6, 6.07) is 6.18. The fourth-order valence-corrected chi connectivity index (χ4v) is 3.74. The molecule has 2 aromatic carbocycles. The van der Waals surface area contributed by atoms with Crippen molar-refractivity contribution in [2.45, 2.75) is 18.8 Å². The second-order valence-corrected chi connectivity index (χ2v) is 7.44. The molecule has 3 nitrogen and oxygen atoms in total. The van der Waals surface area contributed by atoms with Crippen LogP contribution in [0.1, 0.15) is 16.7 Å². The van der Waals surface area contributed by atoms with Crippen LogP contribution in [0.3, 0.4) is 0 Å². The summed E-state index contributed by atoms with van der Waals surface area (Å²) in [6.07, 6.45) is -8.82. The summed E-state index contributed by atoms with van der Waals surface area (Å²) in [5, 5.41) is 6.87. The average Bonchev–Trinajstić information content (AvgIpc) is 3.23. The van der Waals surface area contributed by atoms with E-state index in [9.17, 15) is 26.3 Å². The smallest absolute Gasteiger partial charge is 0.369 e. The van der Waals surface area contributed by atoms with Crippen molar-refractivity contribution in [2.24, 2.45) is 0 Å². The number of fused-ring (bicyclic) bond motifs is 1. The Balaban J connectivity index is 1.90. The number of aromatic nitrogens is 2. The van der Waals surface area contributed by atoms with Gasteiger partial charge < -0.3 is 5.32 Å². The van der Waals surface area contributed by atoms with E-state index in [0.717, 1.165) is 30.3 Å². The van der Waals surface area contributed by atoms with Crippen molar-refractivity contribution in [3.8, 4) is 16.9 Å². The van der Waals surface area contributed by atoms with Crippen LogP contribution in [0, 0.1) is 0 Å². The lowest BCUT2D eigenvalue weighted by Gasteiger charge is -2.12. The van der Waals surface area contributed by atoms with Crippen molar-refractivity contribution in [3.05, 3.63) is 63.1 Å². The summed E-state index contributed by atoms with van der Waals surface area (Å²) in [7, 11) is 0. The lowest BCUT2D eigenvalue weighted by atomic mass is 10.0. The minimum atomic E-state index is -4.67. The van der Waals surface area contributed by atoms with Crippen molar-refractivity contribution < 1.29 is 26.3 Å². The van der Waals surface area contributed by atoms with Crippen molar-refractivity contribution >= 4 is 29.0 Å². The molecule has 1 aliphatic heterocycles. The van der Waals surface area contributed by atoms with E-state index in [1.165, 1.54) is 10.7 Å². The molecule has 30 heavy (non-hydrogen) atoms. The van der Waals surface area contributed by atoms with Gasteiger partial charge in [-0.25, -0.2) is 4.68 Å². The van der Waals surface area contributed by atoms with E-state index in [-0.39, 0.29) is 22.0 Å². The molecule has 0 saturated heterocycles. The second kappa shape index (κ2) is 7.09. The largest absolute Gasteiger partial charge is 0.417 e. The molecule has 0 bridgehead atoms. The molecule has 0 spiro atoms. The summed E-state index contributed by atoms with van der Waals surface area (Å²) in [5.74, 6) is 0.384. The monoisotopic (exact) mass is 465 g/mol. The summed E-state index contributed by atoms with van der Waals surface area (Å²) in [4.78, 5) is 0. The Bertz CT molecular complexity index is 1130. The quantitative estimate of drug-likeness (QED) is 0.419. The first-order valence-corrected chi connectivity index (χ1v) is 9.32. The van der Waals surface area contributed by atoms with Crippen LogP contribution in [-0.2, 0) is 18.8 Å². The standard InChI is InChI=1S/C19H11Cl2F6N3/c20-13-3-1-9(7-12(13)19(25,26)27)16-11-5-6-28-17(11)30(29-16)15-8-10(18(22,23)24)2-4-14(15)21/h1-4,7-8,28H,5-6H2. The van der Waals surface area contributed by atoms with E-state index in [2.05, 4.69) is 10.4 Å². The van der Waals surface area contributed by atoms with E-state index in [4.69, 9.17) is 23.2 Å². The van der Waals surface area contributed by atoms with Crippen LogP contribution in [0.15, 0.2) is 36.4 Å². The summed E-state index contributed by atoms with van der Waals surface area (Å²) >= 11 is 11.8. The van der Waals surface area contributed by atoms with Gasteiger partial charge in [-0.15, -0.1) is 0 Å². The van der Waals surface area contributed by atoms with Crippen molar-refractivity contribution in [1.29, 1.82) is 0 Å². The summed E-state index contributed by atoms with van der Waals surface area (Å²) in [6.45, 7) is 0.455. The lowest BCUT2D eigenvalue weighted by molar-refractivity contribution is -0.138. The number of alkyl halides is 6. The maximum Gasteiger partial charge on any atom is 0.417 e. The van der Waals surface area contributed by atoms with Gasteiger partial charge in [-0.05, 0) is 36.8 Å². The van der Waals surface area contributed by atoms with Gasteiger partial charge in [0.25, 0.3) is 0 Å². The highest BCUT2D eigenvalue weighted by atomic mass is 35.5. The number of benzene rings is 2. The molecule has 0 aliphatic carbocycles. The van der Waals surface area contributed by atoms with Gasteiger partial charge in [0.05, 0.1) is 32.6 Å². The van der Waals surface area contributed by atoms with Crippen LogP contribution < -0.4 is 5.32 Å². The van der Waals surface area contributed by atoms with Crippen molar-refractivity contribution in [2.75, 3.05) is 11.9 Å². The van der Waals surface area contributed by atoms with Crippen LogP contribution in [0.2, 0.25) is 10.0 Å². The number of nitrogens with one attached hydrogen (secondary N) is 1. The predicted octanol–water partition coefficient (Wildman–Crippen LogP) is 6.85. The third kappa shape index (κ3) is 3.60. The Morgan fingerprint density at radius 3 is 2.27 bits per heavy atom. The Morgan fingerprint density at radius 1 is 0.900 bits per heavy atom. The molecule has 1 aromatic heterocycles. The number of anilines is 1. The topological polar surface area (TPSA) is 29.9 Å². The Labute approximate surface area is 176 Å². The third-order valence-electron chi connectivity index (χ3n) is 4.70. The van der Waals surface area contributed by atoms with Gasteiger partial charge in [-0.3, -0.25) is 0 Å². The first-order valence-electron chi connectivity index (χ1n) is 8.57. The molecule has 0 amide bonds. The van der Waals surface area contributed by atoms with Crippen LogP contribution >= 0.6 is 23.2 Å². The second-order valence-electron chi connectivity index (χ2n) is 6.62. The van der Waals surface area contributed by atoms with Gasteiger partial charge in [0, 0.05) is 17.7 Å². The Hall–Kier alpha value is -2.39. The van der Waals surface area contributed by atoms with E-state index in [1.54, 1.807) is 0 Å². The summed E-state index contributed by atoms with van der Waals surface area (Å²) < 4.78 is 80.4. The zero-order chi connectivity index (χ0) is 21.8. The van der Waals surface area contributed by atoms with Crippen molar-refractivity contribution in [1.82, 2.24) is 9.78 Å². The zero-order valence-corrected chi connectivity index (χ0v) is 16.3. The number of halogens is 8. The minimum absolute atomic E-state index is 0.0145. The van der Waals surface area contributed by atoms with Gasteiger partial charge >= 0.3 is 12.4 Å². The molecule has 0 saturated carbocycles. The highest BCUT2D eigenvalue weighted by molar-refractivity contribution is 6.32. The van der Waals surface area contributed by atoms with Gasteiger partial charge in [0.15, 0.2) is 0 Å². The Morgan fingerprint density at radius 2 is 1.60 bits per heavy atom. The molecule has 2 heterocycles. The van der Waals surface area contributed by atoms with E-state index in [1.807, 2.05) is 0 Å². The number of rotatable bonds is 2. The first-order chi connectivity index (χ1) is 14.0. The molecule has 0 fully saturated rings. The third-order valence-corrected chi connectivity index (χ3v) is 5.35. The van der Waals surface area contributed by atoms with E-state index in [0.29, 0.717) is 24.3 Å². The SMILES string of the molecule is FC(F)(F)c1ccc(Cl)c(-n2nc(-c3ccc(Cl)c(C(F)(F)F)c3)c3c2NCC3)c1. The van der Waals surface area contributed by atoms with Crippen molar-refractivity contribution in [3.63, 3.8) is 0 Å². The average molecular weight is 466 g/mol. The molecule has 0 radical (unpaired) electrons. The summed E-state index contributed by atoms with van der Waals surface area (Å²) in [5.41, 5.74) is -1.03. The molecule has 11 heteroatoms. The normalized spacial score (nSPS) is 14.0. The zero-order valence-electron chi connectivity index (χ0n) is 14.8. The van der Waals surface area contributed by atoms with Crippen LogP contribution in [0.5, 0.6) is 0 Å². The fourth-order valence-electron chi connectivity index (χ4n) is 3.32. The fraction of sp³-hybridized carbons (Fsp3) is 0.211. The maximum absolute atomic E-state index is 13.3. The predicted molar refractivity (Wildman–Crippen MR) is 101 cm³/mol. The molecular formula is C19H11Cl2F6N3. The lowest BCUT2D eigenvalue weighted by Crippen LogP contribution is -2.09. The van der Waals surface area contributed by atoms with Gasteiger partial charge in [-0.2, -0.15) is 31.4 Å². The minimum Gasteiger partial charge on any atom is -0.369 e. The van der Waals surface area contributed by atoms with Crippen LogP contribution in [-0.4, -0.2) is 16.3 Å². The molecule has 4 rings (SSSR count). The number of hydrogen-bond acceptors (Lipinski definition) is 2. The molecule has 0 unspecified atom stereocenters. The molecule has 1 aliphatic rings. The van der Waals surface area contributed by atoms with E-state index >= 15 is 0 Å². The molecular weight excluding hydrogens is 455 g/mol. The highest BCUT2D eigenvalue weighted by Gasteiger charge is 2.35. The van der Waals surface area contributed by atoms with Crippen LogP contribution in [0.25, 0.3) is 16.9 Å². The molecule has 158 valence electrons. The molecule has 0 atom stereocenters. The first kappa shape index (κ1) is 20.9. The van der Waals surface area contributed by atoms with Gasteiger partial charge in [-0.1, -0.05) is 29.3 Å². The Kier molecular flexibility index (Phi) is 4.93. The van der Waals surface area contributed by atoms with Crippen LogP contribution in [0.4, 0.5) is 32.2 Å². The maximum atomic E-state index is 13.3. The van der Waals surface area contributed by atoms with E-state index < -0.39 is 28.5 Å². The molecule has 3 aromatic rings. The number of hydrogen-bond donors (Lipinski definition) is 1. The van der Waals surface area contributed by atoms with Gasteiger partial charge in [0.2, 0.25) is 0 Å². The number of nitrogens with zero attached hydrogens (tertiary/aromatic N) is 2. The highest BCUT2D eigenvalue weighted by Crippen LogP contribution is 2.41.